The molecule has 9 heteroatoms. The van der Waals surface area contributed by atoms with Crippen LogP contribution in [0.4, 0.5) is 5.69 Å². The largest absolute Gasteiger partial charge is 0.325 e. The van der Waals surface area contributed by atoms with E-state index in [1.807, 2.05) is 4.98 Å². The molecule has 0 aliphatic heterocycles. The lowest BCUT2D eigenvalue weighted by molar-refractivity contribution is 0.598. The molecule has 0 aliphatic rings. The Labute approximate surface area is 125 Å². The van der Waals surface area contributed by atoms with Crippen LogP contribution in [0.3, 0.4) is 0 Å². The van der Waals surface area contributed by atoms with Gasteiger partial charge in [0.15, 0.2) is 4.90 Å². The van der Waals surface area contributed by atoms with Gasteiger partial charge in [-0.3, -0.25) is 14.5 Å². The first-order valence-electron chi connectivity index (χ1n) is 5.83. The fraction of sp³-hybridized carbons (Fsp3) is 0.167. The molecule has 21 heavy (non-hydrogen) atoms. The molecule has 0 unspecified atom stereocenters. The topological polar surface area (TPSA) is 112 Å². The zero-order valence-corrected chi connectivity index (χ0v) is 12.7. The highest BCUT2D eigenvalue weighted by molar-refractivity contribution is 7.92. The SMILES string of the molecule is Cc1ccc(NS(=O)(=O)c2c(C)[nH]c(=O)[nH]c2=O)c(Cl)c1. The number of hydrogen-bond acceptors (Lipinski definition) is 4. The standard InChI is InChI=1S/C12H12ClN3O4S/c1-6-3-4-9(8(13)5-6)16-21(19,20)10-7(2)14-12(18)15-11(10)17/h3-5,16H,1-2H3,(H2,14,15,17,18). The number of nitrogens with one attached hydrogen (secondary N) is 3. The van der Waals surface area contributed by atoms with E-state index in [1.54, 1.807) is 19.1 Å². The molecule has 0 amide bonds. The van der Waals surface area contributed by atoms with Crippen LogP contribution in [0.25, 0.3) is 0 Å². The third-order valence-electron chi connectivity index (χ3n) is 2.71. The van der Waals surface area contributed by atoms with Gasteiger partial charge in [-0.25, -0.2) is 13.2 Å². The summed E-state index contributed by atoms with van der Waals surface area (Å²) in [5.74, 6) is 0. The molecule has 1 aromatic carbocycles. The number of benzene rings is 1. The maximum absolute atomic E-state index is 12.3. The molecule has 1 heterocycles. The fourth-order valence-corrected chi connectivity index (χ4v) is 3.47. The zero-order chi connectivity index (χ0) is 15.8. The van der Waals surface area contributed by atoms with Gasteiger partial charge in [-0.15, -0.1) is 0 Å². The summed E-state index contributed by atoms with van der Waals surface area (Å²) in [6.07, 6.45) is 0. The molecule has 1 aromatic heterocycles. The lowest BCUT2D eigenvalue weighted by Crippen LogP contribution is -2.31. The molecule has 0 atom stereocenters. The monoisotopic (exact) mass is 329 g/mol. The molecule has 0 saturated heterocycles. The molecule has 0 saturated carbocycles. The first-order valence-corrected chi connectivity index (χ1v) is 7.69. The third kappa shape index (κ3) is 3.17. The molecule has 0 radical (unpaired) electrons. The maximum atomic E-state index is 12.3. The lowest BCUT2D eigenvalue weighted by Gasteiger charge is -2.10. The molecule has 2 rings (SSSR count). The van der Waals surface area contributed by atoms with E-state index in [-0.39, 0.29) is 16.4 Å². The van der Waals surface area contributed by atoms with E-state index in [9.17, 15) is 18.0 Å². The predicted molar refractivity (Wildman–Crippen MR) is 79.4 cm³/mol. The minimum atomic E-state index is -4.18. The van der Waals surface area contributed by atoms with Crippen LogP contribution in [0.5, 0.6) is 0 Å². The Kier molecular flexibility index (Phi) is 3.93. The summed E-state index contributed by atoms with van der Waals surface area (Å²) in [4.78, 5) is 26.4. The van der Waals surface area contributed by atoms with Gasteiger partial charge in [0.25, 0.3) is 15.6 Å². The normalized spacial score (nSPS) is 11.4. The maximum Gasteiger partial charge on any atom is 0.325 e. The van der Waals surface area contributed by atoms with Crippen LogP contribution in [0.1, 0.15) is 11.3 Å². The highest BCUT2D eigenvalue weighted by atomic mass is 35.5. The van der Waals surface area contributed by atoms with Crippen molar-refractivity contribution in [2.24, 2.45) is 0 Å². The van der Waals surface area contributed by atoms with Crippen molar-refractivity contribution >= 4 is 27.3 Å². The molecule has 0 spiro atoms. The van der Waals surface area contributed by atoms with Crippen LogP contribution in [-0.4, -0.2) is 18.4 Å². The Bertz CT molecular complexity index is 915. The Morgan fingerprint density at radius 1 is 1.14 bits per heavy atom. The van der Waals surface area contributed by atoms with Gasteiger partial charge >= 0.3 is 5.69 Å². The molecule has 0 fully saturated rings. The van der Waals surface area contributed by atoms with Crippen molar-refractivity contribution < 1.29 is 8.42 Å². The number of anilines is 1. The Morgan fingerprint density at radius 3 is 2.38 bits per heavy atom. The van der Waals surface area contributed by atoms with Crippen LogP contribution in [0.15, 0.2) is 32.7 Å². The van der Waals surface area contributed by atoms with Gasteiger partial charge in [0.2, 0.25) is 0 Å². The van der Waals surface area contributed by atoms with Gasteiger partial charge in [-0.1, -0.05) is 17.7 Å². The summed E-state index contributed by atoms with van der Waals surface area (Å²) in [6.45, 7) is 3.13. The molecule has 3 N–H and O–H groups in total. The minimum absolute atomic E-state index is 0.0560. The van der Waals surface area contributed by atoms with Gasteiger partial charge in [-0.2, -0.15) is 0 Å². The van der Waals surface area contributed by atoms with Crippen LogP contribution in [0.2, 0.25) is 5.02 Å². The first-order chi connectivity index (χ1) is 9.70. The van der Waals surface area contributed by atoms with Crippen LogP contribution in [-0.2, 0) is 10.0 Å². The third-order valence-corrected chi connectivity index (χ3v) is 4.54. The second-order valence-corrected chi connectivity index (χ2v) is 6.48. The summed E-state index contributed by atoms with van der Waals surface area (Å²) >= 11 is 5.96. The summed E-state index contributed by atoms with van der Waals surface area (Å²) in [5, 5.41) is 0.206. The molecule has 2 aromatic rings. The molecule has 0 aliphatic carbocycles. The Morgan fingerprint density at radius 2 is 1.81 bits per heavy atom. The second kappa shape index (κ2) is 5.38. The summed E-state index contributed by atoms with van der Waals surface area (Å²) in [5.41, 5.74) is -0.815. The molecular formula is C12H12ClN3O4S. The van der Waals surface area contributed by atoms with Crippen LogP contribution in [0, 0.1) is 13.8 Å². The lowest BCUT2D eigenvalue weighted by atomic mass is 10.2. The van der Waals surface area contributed by atoms with Gasteiger partial charge in [0.05, 0.1) is 10.7 Å². The number of hydrogen-bond donors (Lipinski definition) is 3. The molecule has 7 nitrogen and oxygen atoms in total. The molecule has 0 bridgehead atoms. The van der Waals surface area contributed by atoms with E-state index in [1.165, 1.54) is 13.0 Å². The van der Waals surface area contributed by atoms with Gasteiger partial charge in [0.1, 0.15) is 0 Å². The van der Waals surface area contributed by atoms with E-state index in [0.29, 0.717) is 0 Å². The summed E-state index contributed by atoms with van der Waals surface area (Å²) < 4.78 is 26.8. The summed E-state index contributed by atoms with van der Waals surface area (Å²) in [6, 6.07) is 4.75. The number of rotatable bonds is 3. The number of aryl methyl sites for hydroxylation is 2. The smallest absolute Gasteiger partial charge is 0.310 e. The molecular weight excluding hydrogens is 318 g/mol. The van der Waals surface area contributed by atoms with Crippen molar-refractivity contribution in [3.8, 4) is 0 Å². The van der Waals surface area contributed by atoms with Crippen molar-refractivity contribution in [3.05, 3.63) is 55.3 Å². The van der Waals surface area contributed by atoms with Crippen molar-refractivity contribution in [3.63, 3.8) is 0 Å². The van der Waals surface area contributed by atoms with Crippen LogP contribution >= 0.6 is 11.6 Å². The fourth-order valence-electron chi connectivity index (χ4n) is 1.81. The average Bonchev–Trinajstić information content (AvgIpc) is 2.30. The predicted octanol–water partition coefficient (Wildman–Crippen LogP) is 1.13. The Balaban J connectivity index is 2.54. The van der Waals surface area contributed by atoms with Crippen molar-refractivity contribution in [2.75, 3.05) is 4.72 Å². The van der Waals surface area contributed by atoms with E-state index < -0.39 is 26.2 Å². The summed E-state index contributed by atoms with van der Waals surface area (Å²) in [7, 11) is -4.18. The number of aromatic nitrogens is 2. The van der Waals surface area contributed by atoms with Gasteiger partial charge < -0.3 is 4.98 Å². The van der Waals surface area contributed by atoms with Crippen molar-refractivity contribution in [1.29, 1.82) is 0 Å². The van der Waals surface area contributed by atoms with Gasteiger partial charge in [0, 0.05) is 5.69 Å². The highest BCUT2D eigenvalue weighted by Gasteiger charge is 2.23. The van der Waals surface area contributed by atoms with Crippen LogP contribution < -0.4 is 16.0 Å². The number of aromatic amines is 2. The van der Waals surface area contributed by atoms with E-state index in [0.717, 1.165) is 5.56 Å². The van der Waals surface area contributed by atoms with Crippen molar-refractivity contribution in [2.45, 2.75) is 18.7 Å². The number of halogens is 1. The number of H-pyrrole nitrogens is 2. The quantitative estimate of drug-likeness (QED) is 0.783. The number of sulfonamides is 1. The van der Waals surface area contributed by atoms with Crippen molar-refractivity contribution in [1.82, 2.24) is 9.97 Å². The van der Waals surface area contributed by atoms with E-state index >= 15 is 0 Å². The zero-order valence-electron chi connectivity index (χ0n) is 11.2. The van der Waals surface area contributed by atoms with E-state index in [4.69, 9.17) is 11.6 Å². The van der Waals surface area contributed by atoms with Gasteiger partial charge in [-0.05, 0) is 31.5 Å². The second-order valence-electron chi connectivity index (χ2n) is 4.45. The first kappa shape index (κ1) is 15.3. The average molecular weight is 330 g/mol. The minimum Gasteiger partial charge on any atom is -0.310 e. The Hall–Kier alpha value is -2.06. The highest BCUT2D eigenvalue weighted by Crippen LogP contribution is 2.25. The van der Waals surface area contributed by atoms with E-state index in [2.05, 4.69) is 9.71 Å². The molecule has 112 valence electrons.